The van der Waals surface area contributed by atoms with Crippen LogP contribution in [-0.2, 0) is 114 Å². The van der Waals surface area contributed by atoms with E-state index in [1.807, 2.05) is 40.4 Å². The number of aliphatic hydroxyl groups is 7. The number of H-pyrrole nitrogens is 1. The van der Waals surface area contributed by atoms with Crippen LogP contribution in [0.25, 0.3) is 0 Å². The first-order chi connectivity index (χ1) is 58.8. The highest BCUT2D eigenvalue weighted by Gasteiger charge is 2.54. The fourth-order valence-corrected chi connectivity index (χ4v) is 16.1. The van der Waals surface area contributed by atoms with E-state index in [1.165, 1.54) is 87.7 Å². The van der Waals surface area contributed by atoms with Crippen LogP contribution >= 0.6 is 0 Å². The number of hydrogen-bond donors (Lipinski definition) is 12. The maximum atomic E-state index is 12.5. The molecule has 5 aliphatic rings. The van der Waals surface area contributed by atoms with E-state index in [0.717, 1.165) is 21.8 Å². The van der Waals surface area contributed by atoms with Gasteiger partial charge in [-0.25, -0.2) is 34.3 Å². The number of carbonyl (C=O) groups excluding carboxylic acids is 8. The van der Waals surface area contributed by atoms with E-state index in [4.69, 9.17) is 98.3 Å². The number of nitrogens with one attached hydrogen (secondary N) is 3. The van der Waals surface area contributed by atoms with Gasteiger partial charge in [0.25, 0.3) is 0 Å². The zero-order chi connectivity index (χ0) is 98.4. The summed E-state index contributed by atoms with van der Waals surface area (Å²) in [6, 6.07) is 0.426. The average molecular weight is 1950 g/mol. The number of carbonyl (C=O) groups is 8. The van der Waals surface area contributed by atoms with Crippen molar-refractivity contribution < 1.29 is 166 Å². The molecule has 0 radical (unpaired) electrons. The van der Waals surface area contributed by atoms with Crippen molar-refractivity contribution in [3.8, 4) is 6.01 Å². The Morgan fingerprint density at radius 2 is 0.829 bits per heavy atom. The van der Waals surface area contributed by atoms with Crippen molar-refractivity contribution in [2.45, 2.75) is 310 Å². The lowest BCUT2D eigenvalue weighted by Gasteiger charge is -2.24. The van der Waals surface area contributed by atoms with E-state index in [-0.39, 0.29) is 25.3 Å². The highest BCUT2D eigenvalue weighted by atomic mass is 32.2. The fourth-order valence-electron chi connectivity index (χ4n) is 10.9. The van der Waals surface area contributed by atoms with Crippen molar-refractivity contribution in [2.24, 2.45) is 0 Å². The zero-order valence-electron chi connectivity index (χ0n) is 74.6. The number of aliphatic hydroxyl groups excluding tert-OH is 7. The van der Waals surface area contributed by atoms with Gasteiger partial charge in [0.15, 0.2) is 43.2 Å². The molecule has 0 amide bonds. The molecule has 0 saturated carbocycles. The predicted octanol–water partition coefficient (Wildman–Crippen LogP) is -0.196. The van der Waals surface area contributed by atoms with Crippen LogP contribution < -0.4 is 42.9 Å². The molecular weight excluding hydrogens is 1830 g/mol. The minimum absolute atomic E-state index is 0. The van der Waals surface area contributed by atoms with E-state index in [2.05, 4.69) is 108 Å². The molecule has 129 heavy (non-hydrogen) atoms. The van der Waals surface area contributed by atoms with Crippen LogP contribution in [0, 0.1) is 0 Å². The van der Waals surface area contributed by atoms with Gasteiger partial charge in [-0.05, 0) is 58.5 Å². The number of esters is 8. The Morgan fingerprint density at radius 3 is 1.16 bits per heavy atom. The van der Waals surface area contributed by atoms with Crippen molar-refractivity contribution in [1.82, 2.24) is 59.0 Å². The number of aromatic nitrogens is 12. The number of rotatable bonds is 23. The van der Waals surface area contributed by atoms with Crippen LogP contribution in [0.4, 0.5) is 37.0 Å². The molecule has 20 atom stereocenters. The third kappa shape index (κ3) is 41.5. The van der Waals surface area contributed by atoms with Gasteiger partial charge in [-0.2, -0.15) is 46.5 Å². The molecule has 5 fully saturated rings. The van der Waals surface area contributed by atoms with Crippen LogP contribution in [-0.4, -0.2) is 313 Å². The smallest absolute Gasteiger partial charge is 0.518 e. The molecular formula is C70H121F3N16O35SSi4. The molecule has 734 valence electrons. The van der Waals surface area contributed by atoms with Gasteiger partial charge in [0.2, 0.25) is 65.2 Å². The average Bonchev–Trinajstić information content (AvgIpc) is 1.60. The summed E-state index contributed by atoms with van der Waals surface area (Å²) in [5, 5.41) is 63.0. The van der Waals surface area contributed by atoms with Gasteiger partial charge in [0.1, 0.15) is 96.7 Å². The second-order valence-corrected chi connectivity index (χ2v) is 51.8. The van der Waals surface area contributed by atoms with Crippen LogP contribution in [0.2, 0.25) is 78.6 Å². The second-order valence-electron chi connectivity index (χ2n) is 31.6. The highest BCUT2D eigenvalue weighted by Crippen LogP contribution is 2.36. The summed E-state index contributed by atoms with van der Waals surface area (Å²) in [6.45, 7) is 37.6. The number of aromatic amines is 1. The molecule has 9 rings (SSSR count). The number of alkyl halides is 3. The largest absolute Gasteiger partial charge is 0.522 e. The normalized spacial score (nSPS) is 25.5. The summed E-state index contributed by atoms with van der Waals surface area (Å²) in [7, 11) is -12.9. The molecule has 4 aromatic heterocycles. The lowest BCUT2D eigenvalue weighted by atomic mass is 10.1. The van der Waals surface area contributed by atoms with E-state index >= 15 is 0 Å². The van der Waals surface area contributed by atoms with Crippen LogP contribution in [0.3, 0.4) is 0 Å². The number of halogens is 3. The lowest BCUT2D eigenvalue weighted by Crippen LogP contribution is -2.41. The number of nitrogen functional groups attached to an aromatic ring is 2. The number of nitrogens with zero attached hydrogens (tertiary/aromatic N) is 11. The summed E-state index contributed by atoms with van der Waals surface area (Å²) in [5.41, 5.74) is 3.12. The van der Waals surface area contributed by atoms with Crippen molar-refractivity contribution in [2.75, 3.05) is 34.6 Å². The lowest BCUT2D eigenvalue weighted by molar-refractivity contribution is -0.195. The van der Waals surface area contributed by atoms with Gasteiger partial charge >= 0.3 is 86.5 Å². The number of nitrogens with two attached hydrogens (primary N) is 2. The fraction of sp³-hybridized carbons (Fsp3) is 0.714. The second kappa shape index (κ2) is 52.4. The Labute approximate surface area is 743 Å². The van der Waals surface area contributed by atoms with Crippen molar-refractivity contribution >= 4 is 115 Å². The van der Waals surface area contributed by atoms with E-state index in [1.54, 1.807) is 0 Å². The van der Waals surface area contributed by atoms with E-state index < -0.39 is 250 Å². The third-order valence-corrected chi connectivity index (χ3v) is 21.8. The minimum Gasteiger partial charge on any atom is -0.518 e. The van der Waals surface area contributed by atoms with Crippen molar-refractivity contribution in [3.05, 3.63) is 56.8 Å². The maximum absolute atomic E-state index is 12.5. The molecule has 4 aromatic rings. The molecule has 7 unspecified atom stereocenters. The van der Waals surface area contributed by atoms with Gasteiger partial charge in [0.05, 0.1) is 13.2 Å². The Morgan fingerprint density at radius 1 is 0.465 bits per heavy atom. The molecule has 0 aromatic carbocycles. The van der Waals surface area contributed by atoms with Crippen molar-refractivity contribution in [3.63, 3.8) is 0 Å². The Hall–Kier alpha value is -9.71. The Kier molecular flexibility index (Phi) is 47.6. The van der Waals surface area contributed by atoms with Gasteiger partial charge in [0, 0.05) is 55.4 Å². The summed E-state index contributed by atoms with van der Waals surface area (Å²) < 4.78 is 135. The maximum Gasteiger partial charge on any atom is 0.522 e. The zero-order valence-corrected chi connectivity index (χ0v) is 79.4. The Bertz CT molecular complexity index is 4470. The Balaban J connectivity index is 0.000000752. The quantitative estimate of drug-likeness (QED) is 0.0198. The van der Waals surface area contributed by atoms with E-state index in [0.29, 0.717) is 31.2 Å². The third-order valence-electron chi connectivity index (χ3n) is 15.6. The molecule has 0 spiro atoms. The first-order valence-electron chi connectivity index (χ1n) is 38.9. The van der Waals surface area contributed by atoms with E-state index in [9.17, 15) is 84.5 Å². The first-order valence-corrected chi connectivity index (χ1v) is 54.1. The molecule has 9 heterocycles. The summed E-state index contributed by atoms with van der Waals surface area (Å²) in [4.78, 5) is 166. The monoisotopic (exact) mass is 1950 g/mol. The molecule has 59 heteroatoms. The number of anilines is 4. The summed E-state index contributed by atoms with van der Waals surface area (Å²) >= 11 is 0. The molecule has 5 saturated heterocycles. The van der Waals surface area contributed by atoms with Crippen LogP contribution in [0.15, 0.2) is 39.7 Å². The van der Waals surface area contributed by atoms with Gasteiger partial charge in [-0.15, -0.1) is 0 Å². The van der Waals surface area contributed by atoms with Gasteiger partial charge < -0.3 is 127 Å². The summed E-state index contributed by atoms with van der Waals surface area (Å²) in [6.07, 6.45) is -12.9. The number of ether oxygens (including phenoxy) is 13. The molecule has 14 N–H and O–H groups in total. The molecule has 51 nitrogen and oxygen atoms in total. The highest BCUT2D eigenvalue weighted by molar-refractivity contribution is 7.88. The number of hydrogen-bond acceptors (Lipinski definition) is 48. The molecule has 5 aliphatic heterocycles. The minimum atomic E-state index is -5.39. The van der Waals surface area contributed by atoms with Gasteiger partial charge in [-0.1, -0.05) is 67.5 Å². The topological polar surface area (TPSA) is 720 Å². The molecule has 0 bridgehead atoms. The van der Waals surface area contributed by atoms with Crippen LogP contribution in [0.1, 0.15) is 115 Å². The van der Waals surface area contributed by atoms with Gasteiger partial charge in [-0.3, -0.25) is 52.5 Å². The first kappa shape index (κ1) is 117. The SMILES string of the molecule is C.CC[C@H]1OC(OC(C)=O)C(OC(C)=O)[C@H]1OC(C)=O.CC[C@H]1OC(OC(C)=O)C(OC(C)=O)[C@H]1OC(C)=O.CC[C@H]1O[C@@H](n2cnc(N[Si](C)(C)C)nc2=O)C(OC(C)=O)[C@H]1OC(C)=O.C[Si](C)(C)Nc1ncnc(O[Si](C)(C)C)n1.C[Si](C)(C)OS(=O)(=O)C(F)(F)F.Nc1ncn([C@@H]2O[C@H](CO)[C@H](O)C2O)c(=O)n1.Nc1ncnc(=O)[nH]1.OC[C@H]1O[C@@H](O)C(O)[C@H]1O. The predicted molar refractivity (Wildman–Crippen MR) is 450 cm³/mol. The summed E-state index contributed by atoms with van der Waals surface area (Å²) in [5.74, 6) is -3.68. The van der Waals surface area contributed by atoms with Crippen LogP contribution in [0.5, 0.6) is 6.01 Å². The van der Waals surface area contributed by atoms with Crippen molar-refractivity contribution in [1.29, 1.82) is 0 Å². The standard InChI is InChI=1S/C16H26N4O6Si.2C12H18O7.C9H20N4OSi2.C8H12N4O5.C5H10O5.C4H9F3O3SSi.C3H4N4O.CH4/c1-7-11-12(24-9(2)21)13(25-10(3)22)14(26-11)20-8-17-15(18-16(20)23)19-27(4,5)6;2*1-5-9-10(16-6(2)13)11(17-7(3)14)12(19-9)18-8(4)15;1-15(2,3)13-8-10-7-11-9(12-8)14-16(4,5)6;9-7-10-2-12(8(16)11-7)6-5(15)4(14)3(1-13)17-6;6-1-2-3(7)4(8)5(9)10-2;1-12(2,3)10-11(8,9)4(5,6)7;4-2-5-1-6-3(8)7-2;/h8,11-14H,7H2,1-6H3,(H,18,19,23);2*9-12H,5H2,1-4H3;7H,1-6H3,(H,10,11,12,13);2-6,13-15H,1H2,(H2,9,11,16);2-9H,1H2;1-3H3;1H,(H3,4,5,6,7,8);1H4/t11-,12+,13?,14-;2*9-,10+,11?,12?;;3-,4+,5?,6-;2-,3+,4?,5-;;;/m111.11.../s1. The molecule has 0 aliphatic carbocycles.